The Morgan fingerprint density at radius 1 is 1.09 bits per heavy atom. The molecular formula is C25H18N4O3S3. The number of para-hydroxylation sites is 1. The largest absolute Gasteiger partial charge is 0.300 e. The van der Waals surface area contributed by atoms with E-state index in [-0.39, 0.29) is 11.6 Å². The lowest BCUT2D eigenvalue weighted by Crippen LogP contribution is -2.19. The molecule has 174 valence electrons. The van der Waals surface area contributed by atoms with Crippen LogP contribution in [0.3, 0.4) is 0 Å². The fraction of sp³-hybridized carbons (Fsp3) is 0.0800. The van der Waals surface area contributed by atoms with Crippen molar-refractivity contribution in [1.29, 1.82) is 0 Å². The second kappa shape index (κ2) is 9.65. The monoisotopic (exact) mass is 518 g/mol. The molecule has 1 amide bonds. The molecule has 1 saturated heterocycles. The molecule has 0 spiro atoms. The van der Waals surface area contributed by atoms with Crippen molar-refractivity contribution in [3.8, 4) is 0 Å². The smallest absolute Gasteiger partial charge is 0.283 e. The summed E-state index contributed by atoms with van der Waals surface area (Å²) in [6, 6.07) is 18.5. The average molecular weight is 519 g/mol. The van der Waals surface area contributed by atoms with Gasteiger partial charge >= 0.3 is 0 Å². The van der Waals surface area contributed by atoms with E-state index in [0.717, 1.165) is 25.8 Å². The molecule has 1 aromatic heterocycles. The number of carbonyl (C=O) groups excluding carboxylic acids is 1. The predicted octanol–water partition coefficient (Wildman–Crippen LogP) is 6.86. The van der Waals surface area contributed by atoms with E-state index >= 15 is 0 Å². The van der Waals surface area contributed by atoms with Crippen LogP contribution in [-0.2, 0) is 4.79 Å². The standard InChI is InChI=1S/C25H18N4O3S3/c1-14-7-9-17(11-15(14)2)26-24-28-23(30)22(33-24)13-16-8-10-21(19(12-16)29(31)32)35-25-27-18-5-3-4-6-20(18)34-25/h3-13H,1-2H3,(H,26,28,30)/b22-13-. The highest BCUT2D eigenvalue weighted by Crippen LogP contribution is 2.39. The zero-order valence-corrected chi connectivity index (χ0v) is 21.1. The van der Waals surface area contributed by atoms with Crippen molar-refractivity contribution in [2.24, 2.45) is 4.99 Å². The molecule has 1 fully saturated rings. The second-order valence-corrected chi connectivity index (χ2v) is 11.1. The molecule has 0 radical (unpaired) electrons. The van der Waals surface area contributed by atoms with Gasteiger partial charge in [0.05, 0.1) is 30.6 Å². The van der Waals surface area contributed by atoms with Crippen LogP contribution in [0, 0.1) is 24.0 Å². The summed E-state index contributed by atoms with van der Waals surface area (Å²) in [5.41, 5.74) is 4.44. The molecule has 1 N–H and O–H groups in total. The van der Waals surface area contributed by atoms with Gasteiger partial charge in [-0.05, 0) is 78.7 Å². The Bertz CT molecular complexity index is 1530. The number of benzene rings is 3. The van der Waals surface area contributed by atoms with Crippen molar-refractivity contribution in [2.75, 3.05) is 0 Å². The van der Waals surface area contributed by atoms with Crippen LogP contribution in [-0.4, -0.2) is 21.0 Å². The minimum atomic E-state index is -0.411. The number of fused-ring (bicyclic) bond motifs is 1. The van der Waals surface area contributed by atoms with Crippen LogP contribution in [0.15, 0.2) is 79.8 Å². The van der Waals surface area contributed by atoms with Crippen molar-refractivity contribution in [2.45, 2.75) is 23.1 Å². The summed E-state index contributed by atoms with van der Waals surface area (Å²) in [4.78, 5) is 33.9. The number of rotatable bonds is 5. The third-order valence-electron chi connectivity index (χ3n) is 5.32. The molecule has 5 rings (SSSR count). The number of amides is 1. The third-order valence-corrected chi connectivity index (χ3v) is 8.39. The molecule has 1 aliphatic heterocycles. The first kappa shape index (κ1) is 23.3. The molecule has 0 bridgehead atoms. The number of aliphatic imine (C=N–C) groups is 1. The average Bonchev–Trinajstić information content (AvgIpc) is 3.39. The lowest BCUT2D eigenvalue weighted by Gasteiger charge is -2.02. The number of nitro benzene ring substituents is 1. The van der Waals surface area contributed by atoms with Crippen molar-refractivity contribution >= 4 is 73.6 Å². The first-order valence-corrected chi connectivity index (χ1v) is 13.0. The molecule has 0 unspecified atom stereocenters. The van der Waals surface area contributed by atoms with Gasteiger partial charge in [0, 0.05) is 6.07 Å². The fourth-order valence-corrected chi connectivity index (χ4v) is 6.34. The van der Waals surface area contributed by atoms with Gasteiger partial charge in [-0.3, -0.25) is 14.9 Å². The Balaban J connectivity index is 1.39. The van der Waals surface area contributed by atoms with Crippen molar-refractivity contribution < 1.29 is 9.72 Å². The maximum absolute atomic E-state index is 12.5. The van der Waals surface area contributed by atoms with Crippen molar-refractivity contribution in [3.05, 3.63) is 92.4 Å². The Hall–Kier alpha value is -3.47. The summed E-state index contributed by atoms with van der Waals surface area (Å²) in [7, 11) is 0. The van der Waals surface area contributed by atoms with E-state index in [4.69, 9.17) is 0 Å². The number of hydrogen-bond donors (Lipinski definition) is 1. The van der Waals surface area contributed by atoms with E-state index in [2.05, 4.69) is 15.3 Å². The molecule has 0 saturated carbocycles. The number of carbonyl (C=O) groups is 1. The van der Waals surface area contributed by atoms with Crippen LogP contribution in [0.25, 0.3) is 16.3 Å². The fourth-order valence-electron chi connectivity index (χ4n) is 3.39. The Morgan fingerprint density at radius 2 is 1.91 bits per heavy atom. The molecule has 0 aliphatic carbocycles. The van der Waals surface area contributed by atoms with Gasteiger partial charge in [0.15, 0.2) is 9.51 Å². The van der Waals surface area contributed by atoms with Crippen LogP contribution in [0.5, 0.6) is 0 Å². The van der Waals surface area contributed by atoms with Crippen molar-refractivity contribution in [1.82, 2.24) is 10.3 Å². The minimum absolute atomic E-state index is 0.0315. The SMILES string of the molecule is Cc1ccc(N=C2NC(=O)/C(=C/c3ccc(Sc4nc5ccccc5s4)c([N+](=O)[O-])c3)S2)cc1C. The highest BCUT2D eigenvalue weighted by molar-refractivity contribution is 8.18. The number of thioether (sulfide) groups is 1. The highest BCUT2D eigenvalue weighted by Gasteiger charge is 2.25. The highest BCUT2D eigenvalue weighted by atomic mass is 32.2. The number of amidine groups is 1. The molecule has 0 atom stereocenters. The predicted molar refractivity (Wildman–Crippen MR) is 144 cm³/mol. The molecule has 4 aromatic rings. The van der Waals surface area contributed by atoms with E-state index in [1.807, 2.05) is 56.3 Å². The van der Waals surface area contributed by atoms with Gasteiger partial charge < -0.3 is 5.32 Å². The van der Waals surface area contributed by atoms with Crippen LogP contribution in [0.4, 0.5) is 11.4 Å². The molecule has 3 aromatic carbocycles. The van der Waals surface area contributed by atoms with Crippen LogP contribution >= 0.6 is 34.9 Å². The summed E-state index contributed by atoms with van der Waals surface area (Å²) in [6.07, 6.45) is 1.64. The van der Waals surface area contributed by atoms with Gasteiger partial charge in [-0.1, -0.05) is 36.0 Å². The lowest BCUT2D eigenvalue weighted by molar-refractivity contribution is -0.387. The van der Waals surface area contributed by atoms with Gasteiger partial charge in [0.25, 0.3) is 11.6 Å². The maximum atomic E-state index is 12.5. The molecule has 35 heavy (non-hydrogen) atoms. The van der Waals surface area contributed by atoms with E-state index in [0.29, 0.717) is 20.5 Å². The van der Waals surface area contributed by atoms with Gasteiger partial charge in [-0.2, -0.15) is 0 Å². The third kappa shape index (κ3) is 5.14. The van der Waals surface area contributed by atoms with Crippen molar-refractivity contribution in [3.63, 3.8) is 0 Å². The van der Waals surface area contributed by atoms with Gasteiger partial charge in [0.1, 0.15) is 0 Å². The summed E-state index contributed by atoms with van der Waals surface area (Å²) >= 11 is 3.97. The number of hydrogen-bond acceptors (Lipinski definition) is 8. The zero-order valence-electron chi connectivity index (χ0n) is 18.6. The normalized spacial score (nSPS) is 15.8. The number of aryl methyl sites for hydroxylation is 2. The number of nitro groups is 1. The summed E-state index contributed by atoms with van der Waals surface area (Å²) in [5.74, 6) is -0.284. The Labute approximate surface area is 213 Å². The second-order valence-electron chi connectivity index (χ2n) is 7.78. The number of thiazole rings is 1. The van der Waals surface area contributed by atoms with E-state index in [1.165, 1.54) is 46.5 Å². The molecular weight excluding hydrogens is 501 g/mol. The quantitative estimate of drug-likeness (QED) is 0.176. The summed E-state index contributed by atoms with van der Waals surface area (Å²) in [5, 5.41) is 15.0. The Kier molecular flexibility index (Phi) is 6.42. The van der Waals surface area contributed by atoms with Crippen LogP contribution in [0.2, 0.25) is 0 Å². The van der Waals surface area contributed by atoms with Gasteiger partial charge in [-0.25, -0.2) is 9.98 Å². The molecule has 10 heteroatoms. The van der Waals surface area contributed by atoms with E-state index in [9.17, 15) is 14.9 Å². The summed E-state index contributed by atoms with van der Waals surface area (Å²) in [6.45, 7) is 4.04. The number of nitrogens with one attached hydrogen (secondary N) is 1. The van der Waals surface area contributed by atoms with E-state index < -0.39 is 4.92 Å². The van der Waals surface area contributed by atoms with Gasteiger partial charge in [0.2, 0.25) is 0 Å². The molecule has 1 aliphatic rings. The number of nitrogens with zero attached hydrogens (tertiary/aromatic N) is 3. The number of aromatic nitrogens is 1. The first-order valence-electron chi connectivity index (χ1n) is 10.5. The minimum Gasteiger partial charge on any atom is -0.300 e. The van der Waals surface area contributed by atoms with Gasteiger partial charge in [-0.15, -0.1) is 11.3 Å². The lowest BCUT2D eigenvalue weighted by atomic mass is 10.1. The summed E-state index contributed by atoms with van der Waals surface area (Å²) < 4.78 is 1.76. The first-order chi connectivity index (χ1) is 16.9. The van der Waals surface area contributed by atoms with Crippen LogP contribution < -0.4 is 5.32 Å². The Morgan fingerprint density at radius 3 is 2.69 bits per heavy atom. The van der Waals surface area contributed by atoms with Crippen LogP contribution in [0.1, 0.15) is 16.7 Å². The van der Waals surface area contributed by atoms with E-state index in [1.54, 1.807) is 18.2 Å². The maximum Gasteiger partial charge on any atom is 0.283 e. The molecule has 2 heterocycles. The zero-order chi connectivity index (χ0) is 24.5. The molecule has 7 nitrogen and oxygen atoms in total. The topological polar surface area (TPSA) is 97.5 Å².